The fourth-order valence-electron chi connectivity index (χ4n) is 4.24. The monoisotopic (exact) mass is 421 g/mol. The third-order valence-electron chi connectivity index (χ3n) is 5.59. The maximum atomic E-state index is 13.8. The van der Waals surface area contributed by atoms with Crippen LogP contribution < -0.4 is 10.2 Å². The van der Waals surface area contributed by atoms with E-state index in [2.05, 4.69) is 12.2 Å². The van der Waals surface area contributed by atoms with Crippen LogP contribution in [0.2, 0.25) is 0 Å². The summed E-state index contributed by atoms with van der Waals surface area (Å²) in [5, 5.41) is 2.69. The molecule has 1 N–H and O–H groups in total. The van der Waals surface area contributed by atoms with Crippen molar-refractivity contribution in [2.75, 3.05) is 23.3 Å². The zero-order chi connectivity index (χ0) is 22.1. The van der Waals surface area contributed by atoms with Crippen molar-refractivity contribution in [2.45, 2.75) is 26.7 Å². The molecule has 0 radical (unpaired) electrons. The summed E-state index contributed by atoms with van der Waals surface area (Å²) in [6.07, 6.45) is 2.00. The molecule has 2 aromatic carbocycles. The zero-order valence-corrected chi connectivity index (χ0v) is 17.5. The summed E-state index contributed by atoms with van der Waals surface area (Å²) >= 11 is 0. The number of nitrogens with zero attached hydrogens (tertiary/aromatic N) is 2. The van der Waals surface area contributed by atoms with Gasteiger partial charge in [-0.25, -0.2) is 9.29 Å². The van der Waals surface area contributed by atoms with Crippen LogP contribution in [-0.2, 0) is 14.4 Å². The van der Waals surface area contributed by atoms with Gasteiger partial charge in [0.25, 0.3) is 11.8 Å². The summed E-state index contributed by atoms with van der Waals surface area (Å²) in [4.78, 5) is 41.2. The van der Waals surface area contributed by atoms with Gasteiger partial charge in [-0.1, -0.05) is 25.1 Å². The topological polar surface area (TPSA) is 69.7 Å². The highest BCUT2D eigenvalue weighted by Gasteiger charge is 2.43. The predicted octanol–water partition coefficient (Wildman–Crippen LogP) is 3.80. The fourth-order valence-corrected chi connectivity index (χ4v) is 4.24. The first kappa shape index (κ1) is 20.8. The highest BCUT2D eigenvalue weighted by atomic mass is 19.1. The molecule has 1 atom stereocenters. The lowest BCUT2D eigenvalue weighted by atomic mass is 9.97. The van der Waals surface area contributed by atoms with Crippen LogP contribution in [0.15, 0.2) is 54.2 Å². The lowest BCUT2D eigenvalue weighted by Crippen LogP contribution is -2.39. The second-order valence-electron chi connectivity index (χ2n) is 8.10. The van der Waals surface area contributed by atoms with Gasteiger partial charge in [0.15, 0.2) is 0 Å². The molecule has 4 rings (SSSR count). The summed E-state index contributed by atoms with van der Waals surface area (Å²) in [5.41, 5.74) is 2.05. The number of hydrogen-bond acceptors (Lipinski definition) is 4. The Kier molecular flexibility index (Phi) is 5.59. The van der Waals surface area contributed by atoms with E-state index in [0.29, 0.717) is 41.5 Å². The Morgan fingerprint density at radius 3 is 2.48 bits per heavy atom. The van der Waals surface area contributed by atoms with E-state index in [9.17, 15) is 18.8 Å². The molecule has 7 heteroatoms. The van der Waals surface area contributed by atoms with Crippen LogP contribution >= 0.6 is 0 Å². The van der Waals surface area contributed by atoms with Crippen LogP contribution in [-0.4, -0.2) is 35.7 Å². The second-order valence-corrected chi connectivity index (χ2v) is 8.10. The molecule has 2 aromatic rings. The highest BCUT2D eigenvalue weighted by molar-refractivity contribution is 6.45. The quantitative estimate of drug-likeness (QED) is 0.763. The average molecular weight is 421 g/mol. The highest BCUT2D eigenvalue weighted by Crippen LogP contribution is 2.36. The summed E-state index contributed by atoms with van der Waals surface area (Å²) in [6.45, 7) is 4.91. The number of hydrogen-bond donors (Lipinski definition) is 1. The van der Waals surface area contributed by atoms with Gasteiger partial charge in [-0.15, -0.1) is 0 Å². The van der Waals surface area contributed by atoms with Gasteiger partial charge in [-0.05, 0) is 54.7 Å². The molecule has 0 aliphatic carbocycles. The van der Waals surface area contributed by atoms with Crippen LogP contribution in [0, 0.1) is 11.7 Å². The average Bonchev–Trinajstić information content (AvgIpc) is 2.98. The van der Waals surface area contributed by atoms with E-state index in [1.807, 2.05) is 4.90 Å². The van der Waals surface area contributed by atoms with Crippen molar-refractivity contribution in [3.8, 4) is 0 Å². The molecule has 2 heterocycles. The molecule has 31 heavy (non-hydrogen) atoms. The predicted molar refractivity (Wildman–Crippen MR) is 117 cm³/mol. The lowest BCUT2D eigenvalue weighted by molar-refractivity contribution is -0.121. The minimum absolute atomic E-state index is 0.195. The van der Waals surface area contributed by atoms with E-state index < -0.39 is 17.6 Å². The number of carbonyl (C=O) groups excluding carboxylic acids is 3. The van der Waals surface area contributed by atoms with Gasteiger partial charge in [0.1, 0.15) is 11.5 Å². The smallest absolute Gasteiger partial charge is 0.282 e. The van der Waals surface area contributed by atoms with E-state index in [-0.39, 0.29) is 11.6 Å². The number of amides is 3. The largest absolute Gasteiger partial charge is 0.366 e. The third kappa shape index (κ3) is 4.08. The molecular formula is C24H24FN3O3. The third-order valence-corrected chi connectivity index (χ3v) is 5.59. The molecule has 1 saturated heterocycles. The Labute approximate surface area is 180 Å². The van der Waals surface area contributed by atoms with Gasteiger partial charge in [0.2, 0.25) is 5.91 Å². The zero-order valence-electron chi connectivity index (χ0n) is 17.5. The van der Waals surface area contributed by atoms with Gasteiger partial charge >= 0.3 is 0 Å². The Hall–Kier alpha value is -3.48. The maximum Gasteiger partial charge on any atom is 0.282 e. The molecule has 2 aliphatic heterocycles. The standard InChI is InChI=1S/C24H24FN3O3/c1-15-5-4-12-27(14-15)22-21(17-8-10-19(11-9-17)26-16(2)29)23(30)28(24(22)31)20-7-3-6-18(25)13-20/h3,6-11,13,15H,4-5,12,14H2,1-2H3,(H,26,29). The van der Waals surface area contributed by atoms with Crippen LogP contribution in [0.3, 0.4) is 0 Å². The minimum Gasteiger partial charge on any atom is -0.366 e. The van der Waals surface area contributed by atoms with E-state index in [4.69, 9.17) is 0 Å². The van der Waals surface area contributed by atoms with Crippen LogP contribution in [0.5, 0.6) is 0 Å². The van der Waals surface area contributed by atoms with Crippen LogP contribution in [0.1, 0.15) is 32.3 Å². The Bertz CT molecular complexity index is 1080. The fraction of sp³-hybridized carbons (Fsp3) is 0.292. The van der Waals surface area contributed by atoms with Gasteiger partial charge in [0, 0.05) is 25.7 Å². The molecule has 0 saturated carbocycles. The van der Waals surface area contributed by atoms with Gasteiger partial charge < -0.3 is 10.2 Å². The summed E-state index contributed by atoms with van der Waals surface area (Å²) < 4.78 is 13.8. The van der Waals surface area contributed by atoms with Crippen molar-refractivity contribution in [3.63, 3.8) is 0 Å². The van der Waals surface area contributed by atoms with Crippen LogP contribution in [0.4, 0.5) is 15.8 Å². The van der Waals surface area contributed by atoms with E-state index in [0.717, 1.165) is 17.7 Å². The number of likely N-dealkylation sites (tertiary alicyclic amines) is 1. The number of imide groups is 1. The second kappa shape index (κ2) is 8.34. The van der Waals surface area contributed by atoms with E-state index >= 15 is 0 Å². The van der Waals surface area contributed by atoms with Crippen molar-refractivity contribution >= 4 is 34.7 Å². The molecule has 1 fully saturated rings. The van der Waals surface area contributed by atoms with Crippen molar-refractivity contribution in [1.82, 2.24) is 4.90 Å². The number of nitrogens with one attached hydrogen (secondary N) is 1. The number of benzene rings is 2. The molecule has 0 bridgehead atoms. The van der Waals surface area contributed by atoms with E-state index in [1.54, 1.807) is 30.3 Å². The normalized spacial score (nSPS) is 19.3. The Balaban J connectivity index is 1.79. The summed E-state index contributed by atoms with van der Waals surface area (Å²) in [5.74, 6) is -1.23. The van der Waals surface area contributed by atoms with Crippen molar-refractivity contribution < 1.29 is 18.8 Å². The first-order chi connectivity index (χ1) is 14.8. The first-order valence-electron chi connectivity index (χ1n) is 10.4. The van der Waals surface area contributed by atoms with E-state index in [1.165, 1.54) is 25.1 Å². The van der Waals surface area contributed by atoms with Crippen molar-refractivity contribution in [3.05, 3.63) is 65.6 Å². The van der Waals surface area contributed by atoms with Gasteiger partial charge in [-0.3, -0.25) is 14.4 Å². The number of carbonyl (C=O) groups is 3. The molecular weight excluding hydrogens is 397 g/mol. The van der Waals surface area contributed by atoms with Crippen molar-refractivity contribution in [1.29, 1.82) is 0 Å². The van der Waals surface area contributed by atoms with Gasteiger partial charge in [0.05, 0.1) is 11.3 Å². The summed E-state index contributed by atoms with van der Waals surface area (Å²) in [6, 6.07) is 12.3. The lowest BCUT2D eigenvalue weighted by Gasteiger charge is -2.33. The van der Waals surface area contributed by atoms with Crippen molar-refractivity contribution in [2.24, 2.45) is 5.92 Å². The number of piperidine rings is 1. The number of halogens is 1. The van der Waals surface area contributed by atoms with Crippen LogP contribution in [0.25, 0.3) is 5.57 Å². The SMILES string of the molecule is CC(=O)Nc1ccc(C2=C(N3CCCC(C)C3)C(=O)N(c3cccc(F)c3)C2=O)cc1. The molecule has 1 unspecified atom stereocenters. The molecule has 2 aliphatic rings. The molecule has 160 valence electrons. The minimum atomic E-state index is -0.514. The molecule has 6 nitrogen and oxygen atoms in total. The number of rotatable bonds is 4. The molecule has 3 amide bonds. The molecule has 0 spiro atoms. The Morgan fingerprint density at radius 2 is 1.84 bits per heavy atom. The Morgan fingerprint density at radius 1 is 1.10 bits per heavy atom. The maximum absolute atomic E-state index is 13.8. The summed E-state index contributed by atoms with van der Waals surface area (Å²) in [7, 11) is 0. The molecule has 0 aromatic heterocycles. The van der Waals surface area contributed by atoms with Gasteiger partial charge in [-0.2, -0.15) is 0 Å². The first-order valence-corrected chi connectivity index (χ1v) is 10.4. The number of anilines is 2.